The van der Waals surface area contributed by atoms with E-state index in [-0.39, 0.29) is 11.5 Å². The van der Waals surface area contributed by atoms with Crippen LogP contribution in [0, 0.1) is 11.7 Å². The van der Waals surface area contributed by atoms with Gasteiger partial charge in [-0.3, -0.25) is 4.79 Å². The van der Waals surface area contributed by atoms with E-state index in [1.165, 1.54) is 12.4 Å². The van der Waals surface area contributed by atoms with Crippen LogP contribution >= 0.6 is 0 Å². The molecule has 0 saturated carbocycles. The highest BCUT2D eigenvalue weighted by atomic mass is 19.1. The molecular formula is C26H31FN6O. The summed E-state index contributed by atoms with van der Waals surface area (Å²) in [6.45, 7) is 4.32. The predicted molar refractivity (Wildman–Crippen MR) is 132 cm³/mol. The molecule has 1 aliphatic heterocycles. The van der Waals surface area contributed by atoms with Crippen molar-refractivity contribution in [2.24, 2.45) is 5.92 Å². The molecule has 1 aliphatic rings. The Kier molecular flexibility index (Phi) is 7.17. The third-order valence-corrected chi connectivity index (χ3v) is 6.33. The number of aryl methyl sites for hydroxylation is 1. The van der Waals surface area contributed by atoms with E-state index in [0.717, 1.165) is 36.2 Å². The topological polar surface area (TPSA) is 88.2 Å². The van der Waals surface area contributed by atoms with E-state index in [9.17, 15) is 4.79 Å². The van der Waals surface area contributed by atoms with Crippen molar-refractivity contribution in [1.82, 2.24) is 24.8 Å². The number of nitrogens with zero attached hydrogens (tertiary/aromatic N) is 5. The monoisotopic (exact) mass is 462 g/mol. The number of hydrogen-bond acceptors (Lipinski definition) is 6. The van der Waals surface area contributed by atoms with Crippen molar-refractivity contribution in [2.75, 3.05) is 39.5 Å². The fourth-order valence-electron chi connectivity index (χ4n) is 4.61. The number of amides is 1. The number of nitrogen functional groups attached to an aromatic ring is 1. The number of hydrogen-bond donors (Lipinski definition) is 1. The Balaban J connectivity index is 1.61. The van der Waals surface area contributed by atoms with Crippen LogP contribution in [0.25, 0.3) is 22.4 Å². The van der Waals surface area contributed by atoms with Gasteiger partial charge in [-0.15, -0.1) is 0 Å². The van der Waals surface area contributed by atoms with E-state index in [1.807, 2.05) is 13.0 Å². The number of nitrogens with two attached hydrogens (primary N) is 1. The zero-order valence-corrected chi connectivity index (χ0v) is 20.0. The Hall–Kier alpha value is -3.39. The number of benzene rings is 1. The van der Waals surface area contributed by atoms with Crippen molar-refractivity contribution in [3.8, 4) is 22.4 Å². The van der Waals surface area contributed by atoms with Gasteiger partial charge in [-0.1, -0.05) is 13.0 Å². The molecule has 0 aliphatic carbocycles. The largest absolute Gasteiger partial charge is 0.384 e. The van der Waals surface area contributed by atoms with Gasteiger partial charge in [0, 0.05) is 42.5 Å². The highest BCUT2D eigenvalue weighted by Gasteiger charge is 2.26. The van der Waals surface area contributed by atoms with Crippen molar-refractivity contribution < 1.29 is 9.18 Å². The Bertz CT molecular complexity index is 1160. The zero-order valence-electron chi connectivity index (χ0n) is 20.0. The third kappa shape index (κ3) is 5.07. The number of likely N-dealkylation sites (tertiary alicyclic amines) is 1. The predicted octanol–water partition coefficient (Wildman–Crippen LogP) is 3.90. The molecule has 1 aromatic carbocycles. The highest BCUT2D eigenvalue weighted by molar-refractivity contribution is 5.95. The first kappa shape index (κ1) is 23.8. The van der Waals surface area contributed by atoms with Crippen LogP contribution in [0.2, 0.25) is 0 Å². The average Bonchev–Trinajstić information content (AvgIpc) is 2.84. The molecule has 34 heavy (non-hydrogen) atoms. The Morgan fingerprint density at radius 2 is 1.85 bits per heavy atom. The summed E-state index contributed by atoms with van der Waals surface area (Å²) in [4.78, 5) is 30.0. The normalized spacial score (nSPS) is 14.6. The molecule has 0 unspecified atom stereocenters. The summed E-state index contributed by atoms with van der Waals surface area (Å²) in [5, 5.41) is 0. The molecule has 0 spiro atoms. The van der Waals surface area contributed by atoms with Crippen molar-refractivity contribution in [3.63, 3.8) is 0 Å². The molecule has 1 amide bonds. The molecule has 2 aromatic heterocycles. The zero-order chi connectivity index (χ0) is 24.2. The summed E-state index contributed by atoms with van der Waals surface area (Å²) in [5.74, 6) is 0.182. The summed E-state index contributed by atoms with van der Waals surface area (Å²) in [7, 11) is 4.12. The first-order valence-electron chi connectivity index (χ1n) is 11.7. The summed E-state index contributed by atoms with van der Waals surface area (Å²) >= 11 is 0. The van der Waals surface area contributed by atoms with Gasteiger partial charge in [-0.25, -0.2) is 19.3 Å². The van der Waals surface area contributed by atoms with Crippen molar-refractivity contribution in [3.05, 3.63) is 59.9 Å². The van der Waals surface area contributed by atoms with Crippen molar-refractivity contribution in [2.45, 2.75) is 26.2 Å². The summed E-state index contributed by atoms with van der Waals surface area (Å²) in [6, 6.07) is 8.29. The van der Waals surface area contributed by atoms with Crippen LogP contribution in [-0.4, -0.2) is 64.4 Å². The lowest BCUT2D eigenvalue weighted by molar-refractivity contribution is 0.0673. The number of halogens is 1. The fourth-order valence-corrected chi connectivity index (χ4v) is 4.61. The number of aromatic nitrogens is 3. The second-order valence-electron chi connectivity index (χ2n) is 9.06. The molecule has 2 N–H and O–H groups in total. The molecule has 3 aromatic rings. The first-order valence-corrected chi connectivity index (χ1v) is 11.7. The van der Waals surface area contributed by atoms with E-state index in [1.54, 1.807) is 29.3 Å². The second-order valence-corrected chi connectivity index (χ2v) is 9.06. The average molecular weight is 463 g/mol. The van der Waals surface area contributed by atoms with E-state index in [4.69, 9.17) is 5.73 Å². The van der Waals surface area contributed by atoms with Crippen molar-refractivity contribution in [1.29, 1.82) is 0 Å². The van der Waals surface area contributed by atoms with Gasteiger partial charge in [0.05, 0.1) is 17.0 Å². The molecule has 0 radical (unpaired) electrons. The van der Waals surface area contributed by atoms with Gasteiger partial charge >= 0.3 is 0 Å². The van der Waals surface area contributed by atoms with Crippen LogP contribution in [0.5, 0.6) is 0 Å². The van der Waals surface area contributed by atoms with Crippen LogP contribution in [0.15, 0.2) is 42.9 Å². The van der Waals surface area contributed by atoms with Gasteiger partial charge in [0.2, 0.25) is 0 Å². The van der Waals surface area contributed by atoms with Crippen LogP contribution in [0.1, 0.15) is 35.8 Å². The van der Waals surface area contributed by atoms with Gasteiger partial charge in [0.15, 0.2) is 0 Å². The van der Waals surface area contributed by atoms with Crippen LogP contribution in [-0.2, 0) is 6.42 Å². The Labute approximate surface area is 199 Å². The number of piperidine rings is 1. The summed E-state index contributed by atoms with van der Waals surface area (Å²) < 4.78 is 15.2. The lowest BCUT2D eigenvalue weighted by atomic mass is 9.95. The minimum atomic E-state index is -0.545. The molecule has 1 fully saturated rings. The van der Waals surface area contributed by atoms with Gasteiger partial charge < -0.3 is 15.5 Å². The van der Waals surface area contributed by atoms with Crippen LogP contribution < -0.4 is 5.73 Å². The molecule has 0 atom stereocenters. The third-order valence-electron chi connectivity index (χ3n) is 6.33. The van der Waals surface area contributed by atoms with Gasteiger partial charge in [-0.05, 0) is 63.5 Å². The van der Waals surface area contributed by atoms with Crippen LogP contribution in [0.4, 0.5) is 10.2 Å². The fraction of sp³-hybridized carbons (Fsp3) is 0.385. The molecule has 4 rings (SSSR count). The van der Waals surface area contributed by atoms with E-state index in [0.29, 0.717) is 42.5 Å². The maximum absolute atomic E-state index is 15.2. The van der Waals surface area contributed by atoms with Crippen molar-refractivity contribution >= 4 is 11.7 Å². The first-order chi connectivity index (χ1) is 16.4. The minimum absolute atomic E-state index is 0.0929. The summed E-state index contributed by atoms with van der Waals surface area (Å²) in [6.07, 6.45) is 5.70. The molecular weight excluding hydrogens is 431 g/mol. The molecule has 1 saturated heterocycles. The quantitative estimate of drug-likeness (QED) is 0.598. The number of anilines is 1. The van der Waals surface area contributed by atoms with Gasteiger partial charge in [0.25, 0.3) is 5.91 Å². The Morgan fingerprint density at radius 3 is 2.47 bits per heavy atom. The van der Waals surface area contributed by atoms with E-state index < -0.39 is 5.82 Å². The number of pyridine rings is 1. The lowest BCUT2D eigenvalue weighted by Crippen LogP contribution is -2.40. The van der Waals surface area contributed by atoms with E-state index >= 15 is 4.39 Å². The Morgan fingerprint density at radius 1 is 1.12 bits per heavy atom. The molecule has 0 bridgehead atoms. The number of carbonyl (C=O) groups excluding carboxylic acids is 1. The lowest BCUT2D eigenvalue weighted by Gasteiger charge is -2.33. The summed E-state index contributed by atoms with van der Waals surface area (Å²) in [5.41, 5.74) is 9.46. The maximum atomic E-state index is 15.2. The van der Waals surface area contributed by atoms with E-state index in [2.05, 4.69) is 33.9 Å². The highest BCUT2D eigenvalue weighted by Crippen LogP contribution is 2.33. The maximum Gasteiger partial charge on any atom is 0.256 e. The molecule has 8 heteroatoms. The minimum Gasteiger partial charge on any atom is -0.384 e. The van der Waals surface area contributed by atoms with Gasteiger partial charge in [-0.2, -0.15) is 0 Å². The molecule has 3 heterocycles. The molecule has 178 valence electrons. The second kappa shape index (κ2) is 10.3. The number of carbonyl (C=O) groups is 1. The smallest absolute Gasteiger partial charge is 0.256 e. The molecule has 7 nitrogen and oxygen atoms in total. The number of rotatable bonds is 6. The SMILES string of the molecule is CCc1ncnc(-c2ccc(C(=O)N3CCC(CN(C)C)CC3)c(F)c2)c1-c1ccc(N)nc1. The van der Waals surface area contributed by atoms with Crippen LogP contribution in [0.3, 0.4) is 0 Å². The van der Waals surface area contributed by atoms with Gasteiger partial charge in [0.1, 0.15) is 18.0 Å². The standard InChI is InChI=1S/C26H31FN6O/c1-4-22-24(19-6-8-23(28)29-14-19)25(31-16-30-22)18-5-7-20(21(27)13-18)26(34)33-11-9-17(10-12-33)15-32(2)3/h5-8,13-14,16-17H,4,9-12,15H2,1-3H3,(H2,28,29).